The van der Waals surface area contributed by atoms with Crippen molar-refractivity contribution >= 4 is 27.9 Å². The number of carbonyl (C=O) groups excluding carboxylic acids is 2. The first-order valence-corrected chi connectivity index (χ1v) is 5.90. The van der Waals surface area contributed by atoms with Crippen molar-refractivity contribution in [1.82, 2.24) is 0 Å². The molecule has 2 bridgehead atoms. The number of halogens is 1. The summed E-state index contributed by atoms with van der Waals surface area (Å²) < 4.78 is 4.80. The van der Waals surface area contributed by atoms with E-state index in [1.165, 1.54) is 0 Å². The first-order chi connectivity index (χ1) is 6.45. The summed E-state index contributed by atoms with van der Waals surface area (Å²) in [5.41, 5.74) is -0.769. The second-order valence-electron chi connectivity index (χ2n) is 4.74. The molecule has 2 fully saturated rings. The molecular weight excluding hydrogens is 248 g/mol. The summed E-state index contributed by atoms with van der Waals surface area (Å²) in [6.45, 7) is 3.98. The molecule has 1 saturated heterocycles. The Bertz CT molecular complexity index is 310. The van der Waals surface area contributed by atoms with Gasteiger partial charge in [0.25, 0.3) is 0 Å². The van der Waals surface area contributed by atoms with Gasteiger partial charge >= 0.3 is 11.9 Å². The molecule has 0 unspecified atom stereocenters. The highest BCUT2D eigenvalue weighted by Crippen LogP contribution is 2.60. The van der Waals surface area contributed by atoms with E-state index in [0.717, 1.165) is 12.8 Å². The summed E-state index contributed by atoms with van der Waals surface area (Å²) in [5, 5.41) is 0.579. The average molecular weight is 261 g/mol. The fraction of sp³-hybridized carbons (Fsp3) is 0.800. The van der Waals surface area contributed by atoms with Gasteiger partial charge in [0, 0.05) is 5.33 Å². The van der Waals surface area contributed by atoms with Crippen LogP contribution in [0.3, 0.4) is 0 Å². The molecule has 2 aliphatic rings. The number of ether oxygens (including phenoxy) is 1. The van der Waals surface area contributed by atoms with Crippen LogP contribution in [0.15, 0.2) is 0 Å². The highest BCUT2D eigenvalue weighted by Gasteiger charge is 2.65. The number of hydrogen-bond acceptors (Lipinski definition) is 3. The lowest BCUT2D eigenvalue weighted by molar-refractivity contribution is -0.184. The number of hydrogen-bond donors (Lipinski definition) is 0. The van der Waals surface area contributed by atoms with E-state index in [1.54, 1.807) is 0 Å². The van der Waals surface area contributed by atoms with Gasteiger partial charge in [-0.15, -0.1) is 0 Å². The topological polar surface area (TPSA) is 43.4 Å². The van der Waals surface area contributed by atoms with Crippen molar-refractivity contribution < 1.29 is 14.3 Å². The van der Waals surface area contributed by atoms with Gasteiger partial charge in [-0.05, 0) is 18.3 Å². The fourth-order valence-electron chi connectivity index (χ4n) is 2.74. The predicted octanol–water partition coefficient (Wildman–Crippen LogP) is 1.89. The van der Waals surface area contributed by atoms with Gasteiger partial charge < -0.3 is 4.74 Å². The Hall–Kier alpha value is -0.380. The van der Waals surface area contributed by atoms with E-state index in [2.05, 4.69) is 15.9 Å². The summed E-state index contributed by atoms with van der Waals surface area (Å²) in [6, 6.07) is 0. The minimum Gasteiger partial charge on any atom is -0.392 e. The van der Waals surface area contributed by atoms with Crippen LogP contribution in [0, 0.1) is 16.7 Å². The van der Waals surface area contributed by atoms with Gasteiger partial charge in [-0.1, -0.05) is 29.8 Å². The van der Waals surface area contributed by atoms with E-state index >= 15 is 0 Å². The Labute approximate surface area is 91.3 Å². The van der Waals surface area contributed by atoms with Crippen LogP contribution in [0.1, 0.15) is 26.7 Å². The summed E-state index contributed by atoms with van der Waals surface area (Å²) in [4.78, 5) is 23.2. The lowest BCUT2D eigenvalue weighted by Gasteiger charge is -2.43. The van der Waals surface area contributed by atoms with E-state index in [4.69, 9.17) is 4.74 Å². The molecule has 0 N–H and O–H groups in total. The Morgan fingerprint density at radius 1 is 1.50 bits per heavy atom. The molecule has 78 valence electrons. The highest BCUT2D eigenvalue weighted by atomic mass is 79.9. The van der Waals surface area contributed by atoms with Crippen LogP contribution in [0.5, 0.6) is 0 Å². The molecule has 2 rings (SSSR count). The van der Waals surface area contributed by atoms with E-state index in [-0.39, 0.29) is 23.3 Å². The van der Waals surface area contributed by atoms with Crippen LogP contribution >= 0.6 is 15.9 Å². The van der Waals surface area contributed by atoms with E-state index < -0.39 is 5.41 Å². The van der Waals surface area contributed by atoms with Gasteiger partial charge in [0.05, 0.1) is 11.3 Å². The average Bonchev–Trinajstić information content (AvgIpc) is 2.27. The van der Waals surface area contributed by atoms with Crippen molar-refractivity contribution in [2.45, 2.75) is 26.7 Å². The zero-order valence-corrected chi connectivity index (χ0v) is 9.89. The highest BCUT2D eigenvalue weighted by molar-refractivity contribution is 9.09. The van der Waals surface area contributed by atoms with Crippen LogP contribution in [-0.2, 0) is 14.3 Å². The third kappa shape index (κ3) is 0.926. The van der Waals surface area contributed by atoms with Crippen LogP contribution < -0.4 is 0 Å². The third-order valence-corrected chi connectivity index (χ3v) is 5.02. The maximum atomic E-state index is 11.8. The Morgan fingerprint density at radius 2 is 2.14 bits per heavy atom. The SMILES string of the molecule is CC1(C)[C@@H]2CC[C@]1(CBr)C(=O)OC2=O. The Balaban J connectivity index is 2.51. The lowest BCUT2D eigenvalue weighted by Crippen LogP contribution is -2.52. The molecule has 0 amide bonds. The largest absolute Gasteiger partial charge is 0.392 e. The van der Waals surface area contributed by atoms with E-state index in [1.807, 2.05) is 13.8 Å². The van der Waals surface area contributed by atoms with Crippen LogP contribution in [0.2, 0.25) is 0 Å². The van der Waals surface area contributed by atoms with Crippen molar-refractivity contribution in [2.24, 2.45) is 16.7 Å². The zero-order valence-electron chi connectivity index (χ0n) is 8.30. The summed E-state index contributed by atoms with van der Waals surface area (Å²) in [7, 11) is 0. The van der Waals surface area contributed by atoms with Gasteiger partial charge in [0.15, 0.2) is 0 Å². The quantitative estimate of drug-likeness (QED) is 0.411. The molecule has 1 aliphatic carbocycles. The fourth-order valence-corrected chi connectivity index (χ4v) is 3.97. The second kappa shape index (κ2) is 2.81. The molecule has 1 heterocycles. The van der Waals surface area contributed by atoms with E-state index in [0.29, 0.717) is 5.33 Å². The number of fused-ring (bicyclic) bond motifs is 2. The van der Waals surface area contributed by atoms with Crippen molar-refractivity contribution in [3.05, 3.63) is 0 Å². The van der Waals surface area contributed by atoms with Crippen molar-refractivity contribution in [1.29, 1.82) is 0 Å². The third-order valence-electron chi connectivity index (χ3n) is 4.06. The molecule has 2 atom stereocenters. The predicted molar refractivity (Wildman–Crippen MR) is 53.8 cm³/mol. The molecule has 3 nitrogen and oxygen atoms in total. The number of alkyl halides is 1. The van der Waals surface area contributed by atoms with Crippen molar-refractivity contribution in [3.8, 4) is 0 Å². The van der Waals surface area contributed by atoms with Crippen molar-refractivity contribution in [3.63, 3.8) is 0 Å². The van der Waals surface area contributed by atoms with Crippen LogP contribution in [0.25, 0.3) is 0 Å². The molecule has 0 spiro atoms. The van der Waals surface area contributed by atoms with Gasteiger partial charge in [-0.25, -0.2) is 0 Å². The number of carbonyl (C=O) groups is 2. The Morgan fingerprint density at radius 3 is 2.71 bits per heavy atom. The second-order valence-corrected chi connectivity index (χ2v) is 5.30. The zero-order chi connectivity index (χ0) is 10.6. The first-order valence-electron chi connectivity index (χ1n) is 4.78. The van der Waals surface area contributed by atoms with E-state index in [9.17, 15) is 9.59 Å². The monoisotopic (exact) mass is 260 g/mol. The molecule has 14 heavy (non-hydrogen) atoms. The molecule has 1 aliphatic heterocycles. The van der Waals surface area contributed by atoms with Gasteiger partial charge in [0.2, 0.25) is 0 Å². The minimum atomic E-state index is -0.494. The van der Waals surface area contributed by atoms with Gasteiger partial charge in [-0.3, -0.25) is 9.59 Å². The number of rotatable bonds is 1. The molecular formula is C10H13BrO3. The summed E-state index contributed by atoms with van der Waals surface area (Å²) in [5.74, 6) is -0.801. The standard InChI is InChI=1S/C10H13BrO3/c1-9(2)6-3-4-10(9,5-11)8(13)14-7(6)12/h6H,3-5H2,1-2H3/t6-,10+/m1/s1. The molecule has 0 aromatic rings. The summed E-state index contributed by atoms with van der Waals surface area (Å²) >= 11 is 3.38. The normalized spacial score (nSPS) is 39.8. The summed E-state index contributed by atoms with van der Waals surface area (Å²) in [6.07, 6.45) is 1.52. The molecule has 1 saturated carbocycles. The van der Waals surface area contributed by atoms with Gasteiger partial charge in [0.1, 0.15) is 0 Å². The van der Waals surface area contributed by atoms with Gasteiger partial charge in [-0.2, -0.15) is 0 Å². The molecule has 4 heteroatoms. The Kier molecular flexibility index (Phi) is 2.04. The molecule has 0 aromatic carbocycles. The lowest BCUT2D eigenvalue weighted by atomic mass is 9.64. The maximum absolute atomic E-state index is 11.8. The first kappa shape index (κ1) is 10.1. The maximum Gasteiger partial charge on any atom is 0.321 e. The number of cyclic esters (lactones) is 2. The molecule has 0 aromatic heterocycles. The minimum absolute atomic E-state index is 0.113. The van der Waals surface area contributed by atoms with Crippen LogP contribution in [0.4, 0.5) is 0 Å². The van der Waals surface area contributed by atoms with Crippen LogP contribution in [-0.4, -0.2) is 17.3 Å². The number of esters is 2. The van der Waals surface area contributed by atoms with Crippen molar-refractivity contribution in [2.75, 3.05) is 5.33 Å². The smallest absolute Gasteiger partial charge is 0.321 e. The molecule has 0 radical (unpaired) electrons.